The summed E-state index contributed by atoms with van der Waals surface area (Å²) in [6.45, 7) is 6.37. The Morgan fingerprint density at radius 1 is 1.12 bits per heavy atom. The Hall–Kier alpha value is -0.860. The van der Waals surface area contributed by atoms with Gasteiger partial charge in [0, 0.05) is 13.2 Å². The van der Waals surface area contributed by atoms with Crippen LogP contribution >= 0.6 is 0 Å². The summed E-state index contributed by atoms with van der Waals surface area (Å²) in [5.74, 6) is 0. The van der Waals surface area contributed by atoms with Gasteiger partial charge in [-0.05, 0) is 18.9 Å². The Morgan fingerprint density at radius 2 is 1.88 bits per heavy atom. The third-order valence-corrected chi connectivity index (χ3v) is 2.46. The van der Waals surface area contributed by atoms with Crippen LogP contribution in [-0.4, -0.2) is 19.8 Å². The van der Waals surface area contributed by atoms with E-state index < -0.39 is 0 Å². The maximum atomic E-state index is 5.85. The van der Waals surface area contributed by atoms with Crippen LogP contribution < -0.4 is 0 Å². The van der Waals surface area contributed by atoms with E-state index in [2.05, 4.69) is 19.1 Å². The fourth-order valence-electron chi connectivity index (χ4n) is 1.50. The van der Waals surface area contributed by atoms with E-state index in [0.717, 1.165) is 26.1 Å². The summed E-state index contributed by atoms with van der Waals surface area (Å²) >= 11 is 0. The first-order valence-electron chi connectivity index (χ1n) is 6.12. The van der Waals surface area contributed by atoms with Crippen LogP contribution in [0.4, 0.5) is 0 Å². The lowest BCUT2D eigenvalue weighted by Gasteiger charge is -2.18. The molecular formula is C14H22O2. The lowest BCUT2D eigenvalue weighted by Crippen LogP contribution is -2.12. The zero-order chi connectivity index (χ0) is 11.6. The minimum Gasteiger partial charge on any atom is -0.379 e. The van der Waals surface area contributed by atoms with Crippen LogP contribution in [0.25, 0.3) is 0 Å². The van der Waals surface area contributed by atoms with E-state index in [1.54, 1.807) is 0 Å². The first-order chi connectivity index (χ1) is 7.88. The molecule has 2 heteroatoms. The fraction of sp³-hybridized carbons (Fsp3) is 0.571. The molecule has 0 saturated heterocycles. The van der Waals surface area contributed by atoms with E-state index >= 15 is 0 Å². The molecule has 0 N–H and O–H groups in total. The van der Waals surface area contributed by atoms with Crippen molar-refractivity contribution in [2.45, 2.75) is 32.8 Å². The highest BCUT2D eigenvalue weighted by Gasteiger charge is 2.11. The molecule has 90 valence electrons. The van der Waals surface area contributed by atoms with Gasteiger partial charge in [0.05, 0.1) is 6.61 Å². The number of hydrogen-bond acceptors (Lipinski definition) is 2. The molecule has 1 rings (SSSR count). The van der Waals surface area contributed by atoms with E-state index in [1.807, 2.05) is 25.1 Å². The van der Waals surface area contributed by atoms with Crippen LogP contribution in [-0.2, 0) is 9.47 Å². The summed E-state index contributed by atoms with van der Waals surface area (Å²) in [7, 11) is 0. The maximum Gasteiger partial charge on any atom is 0.106 e. The summed E-state index contributed by atoms with van der Waals surface area (Å²) in [5, 5.41) is 0. The molecule has 1 aromatic rings. The fourth-order valence-corrected chi connectivity index (χ4v) is 1.50. The van der Waals surface area contributed by atoms with Crippen LogP contribution in [0.1, 0.15) is 38.4 Å². The van der Waals surface area contributed by atoms with Gasteiger partial charge in [-0.15, -0.1) is 0 Å². The lowest BCUT2D eigenvalue weighted by molar-refractivity contribution is -0.0160. The third kappa shape index (κ3) is 4.77. The van der Waals surface area contributed by atoms with Crippen molar-refractivity contribution in [3.05, 3.63) is 35.9 Å². The van der Waals surface area contributed by atoms with Gasteiger partial charge < -0.3 is 9.47 Å². The quantitative estimate of drug-likeness (QED) is 0.626. The van der Waals surface area contributed by atoms with Gasteiger partial charge in [0.1, 0.15) is 6.10 Å². The van der Waals surface area contributed by atoms with Crippen LogP contribution in [0.3, 0.4) is 0 Å². The first-order valence-corrected chi connectivity index (χ1v) is 6.12. The molecule has 0 aliphatic rings. The van der Waals surface area contributed by atoms with Gasteiger partial charge in [-0.3, -0.25) is 0 Å². The highest BCUT2D eigenvalue weighted by molar-refractivity contribution is 5.17. The predicted molar refractivity (Wildman–Crippen MR) is 66.5 cm³/mol. The van der Waals surface area contributed by atoms with Gasteiger partial charge in [0.15, 0.2) is 0 Å². The number of ether oxygens (including phenoxy) is 2. The zero-order valence-corrected chi connectivity index (χ0v) is 10.3. The SMILES string of the molecule is CCCCOC(COCC)c1ccccc1. The molecule has 0 aromatic heterocycles. The summed E-state index contributed by atoms with van der Waals surface area (Å²) in [6, 6.07) is 10.3. The van der Waals surface area contributed by atoms with Crippen LogP contribution in [0.2, 0.25) is 0 Å². The monoisotopic (exact) mass is 222 g/mol. The van der Waals surface area contributed by atoms with E-state index in [4.69, 9.17) is 9.47 Å². The van der Waals surface area contributed by atoms with Crippen molar-refractivity contribution >= 4 is 0 Å². The van der Waals surface area contributed by atoms with Gasteiger partial charge in [0.2, 0.25) is 0 Å². The molecule has 2 nitrogen and oxygen atoms in total. The molecule has 0 aliphatic carbocycles. The second-order valence-electron chi connectivity index (χ2n) is 3.78. The Labute approximate surface area is 98.6 Å². The normalized spacial score (nSPS) is 12.6. The standard InChI is InChI=1S/C14H22O2/c1-3-5-11-16-14(12-15-4-2)13-9-7-6-8-10-13/h6-10,14H,3-5,11-12H2,1-2H3. The summed E-state index contributed by atoms with van der Waals surface area (Å²) < 4.78 is 11.3. The molecule has 1 aromatic carbocycles. The Bertz CT molecular complexity index is 259. The van der Waals surface area contributed by atoms with Crippen molar-refractivity contribution < 1.29 is 9.47 Å². The van der Waals surface area contributed by atoms with Gasteiger partial charge in [-0.2, -0.15) is 0 Å². The summed E-state index contributed by atoms with van der Waals surface area (Å²) in [5.41, 5.74) is 1.20. The van der Waals surface area contributed by atoms with Crippen LogP contribution in [0, 0.1) is 0 Å². The Balaban J connectivity index is 2.49. The molecule has 0 heterocycles. The molecular weight excluding hydrogens is 200 g/mol. The lowest BCUT2D eigenvalue weighted by atomic mass is 10.1. The molecule has 0 fully saturated rings. The maximum absolute atomic E-state index is 5.85. The van der Waals surface area contributed by atoms with Crippen molar-refractivity contribution in [1.82, 2.24) is 0 Å². The van der Waals surface area contributed by atoms with Crippen molar-refractivity contribution in [1.29, 1.82) is 0 Å². The van der Waals surface area contributed by atoms with E-state index in [0.29, 0.717) is 6.61 Å². The Morgan fingerprint density at radius 3 is 2.50 bits per heavy atom. The van der Waals surface area contributed by atoms with Crippen molar-refractivity contribution in [2.75, 3.05) is 19.8 Å². The van der Waals surface area contributed by atoms with E-state index in [-0.39, 0.29) is 6.10 Å². The van der Waals surface area contributed by atoms with Crippen molar-refractivity contribution in [3.63, 3.8) is 0 Å². The molecule has 1 atom stereocenters. The van der Waals surface area contributed by atoms with E-state index in [1.165, 1.54) is 5.56 Å². The van der Waals surface area contributed by atoms with Gasteiger partial charge >= 0.3 is 0 Å². The molecule has 0 amide bonds. The largest absolute Gasteiger partial charge is 0.379 e. The minimum atomic E-state index is 0.0766. The second kappa shape index (κ2) is 8.31. The molecule has 0 saturated carbocycles. The van der Waals surface area contributed by atoms with Crippen LogP contribution in [0.15, 0.2) is 30.3 Å². The number of rotatable bonds is 8. The van der Waals surface area contributed by atoms with E-state index in [9.17, 15) is 0 Å². The van der Waals surface area contributed by atoms with Gasteiger partial charge in [-0.25, -0.2) is 0 Å². The van der Waals surface area contributed by atoms with Crippen LogP contribution in [0.5, 0.6) is 0 Å². The molecule has 16 heavy (non-hydrogen) atoms. The summed E-state index contributed by atoms with van der Waals surface area (Å²) in [6.07, 6.45) is 2.35. The smallest absolute Gasteiger partial charge is 0.106 e. The third-order valence-electron chi connectivity index (χ3n) is 2.46. The first kappa shape index (κ1) is 13.2. The second-order valence-corrected chi connectivity index (χ2v) is 3.78. The van der Waals surface area contributed by atoms with Crippen molar-refractivity contribution in [3.8, 4) is 0 Å². The van der Waals surface area contributed by atoms with Gasteiger partial charge in [0.25, 0.3) is 0 Å². The average molecular weight is 222 g/mol. The highest BCUT2D eigenvalue weighted by atomic mass is 16.5. The average Bonchev–Trinajstić information content (AvgIpc) is 2.35. The number of unbranched alkanes of at least 4 members (excludes halogenated alkanes) is 1. The topological polar surface area (TPSA) is 18.5 Å². The van der Waals surface area contributed by atoms with Crippen molar-refractivity contribution in [2.24, 2.45) is 0 Å². The molecule has 1 unspecified atom stereocenters. The number of benzene rings is 1. The zero-order valence-electron chi connectivity index (χ0n) is 10.3. The molecule has 0 spiro atoms. The number of hydrogen-bond donors (Lipinski definition) is 0. The predicted octanol–water partition coefficient (Wildman–Crippen LogP) is 3.58. The highest BCUT2D eigenvalue weighted by Crippen LogP contribution is 2.17. The molecule has 0 radical (unpaired) electrons. The molecule has 0 aliphatic heterocycles. The summed E-state index contributed by atoms with van der Waals surface area (Å²) in [4.78, 5) is 0. The minimum absolute atomic E-state index is 0.0766. The van der Waals surface area contributed by atoms with Gasteiger partial charge in [-0.1, -0.05) is 43.7 Å². The molecule has 0 bridgehead atoms. The Kier molecular flexibility index (Phi) is 6.86.